The molecule has 0 saturated carbocycles. The van der Waals surface area contributed by atoms with Crippen molar-refractivity contribution in [2.75, 3.05) is 16.9 Å². The minimum atomic E-state index is -0.344. The smallest absolute Gasteiger partial charge is 0.497 e. The molecule has 6 nitrogen and oxygen atoms in total. The first kappa shape index (κ1) is 57.1. The van der Waals surface area contributed by atoms with Crippen LogP contribution in [0, 0.1) is 42.3 Å². The van der Waals surface area contributed by atoms with Gasteiger partial charge >= 0.3 is 22.5 Å². The molecular formula is C63H67N2NiO4. The molecule has 7 aromatic carbocycles. The fourth-order valence-electron chi connectivity index (χ4n) is 8.24. The third-order valence-electron chi connectivity index (χ3n) is 11.5. The summed E-state index contributed by atoms with van der Waals surface area (Å²) in [6, 6.07) is 61.9. The number of nitrogens with zero attached hydrogens (tertiary/aromatic N) is 2. The number of ether oxygens (including phenoxy) is 2. The van der Waals surface area contributed by atoms with Gasteiger partial charge in [0.1, 0.15) is 12.4 Å². The molecule has 0 unspecified atom stereocenters. The molecule has 0 atom stereocenters. The zero-order chi connectivity index (χ0) is 47.9. The number of carbonyl (C=O) groups excluding carboxylic acids is 2. The minimum absolute atomic E-state index is 0. The van der Waals surface area contributed by atoms with Crippen LogP contribution in [0.5, 0.6) is 5.75 Å². The van der Waals surface area contributed by atoms with Gasteiger partial charge in [0.05, 0.1) is 7.11 Å². The van der Waals surface area contributed by atoms with Crippen molar-refractivity contribution >= 4 is 23.1 Å². The van der Waals surface area contributed by atoms with E-state index in [1.807, 2.05) is 30.3 Å². The molecule has 0 aliphatic carbocycles. The molecule has 1 heterocycles. The summed E-state index contributed by atoms with van der Waals surface area (Å²) in [6.07, 6.45) is 4.39. The molecule has 0 aromatic heterocycles. The second kappa shape index (κ2) is 27.7. The topological polar surface area (TPSA) is 59.1 Å². The Hall–Kier alpha value is -7.21. The summed E-state index contributed by atoms with van der Waals surface area (Å²) < 4.78 is 11.1. The Bertz CT molecular complexity index is 2570. The molecule has 1 aliphatic rings. The number of benzene rings is 7. The first-order chi connectivity index (χ1) is 32.4. The largest absolute Gasteiger partial charge is 3.00 e. The standard InChI is InChI=1S/C45H41N2O.C11H12O2.C5H8O.2CH3.Ni/c1-32-27-33(2)44(34(3)28-32)46-25-26-47(31-46)45-40(42(35-17-9-5-10-18-35)36-19-11-6-12-20-36)29-39(48-4)30-41(45)43(37-21-13-7-14-22-37)38-23-15-8-16-24-38;1-9(2)11(12)13-8-10-6-4-3-5-7-10;1-4(2)5(3)6;;;/h5-31,42-43H,1-4H3;3-7H,1,8H2,2H3;1H2,2-3H3;2*1H3;/q-1;;;2*-1;+3. The number of anilines is 2. The molecule has 70 heavy (non-hydrogen) atoms. The molecule has 0 bridgehead atoms. The molecule has 7 heteroatoms. The van der Waals surface area contributed by atoms with Gasteiger partial charge in [-0.15, -0.1) is 6.67 Å². The maximum absolute atomic E-state index is 11.0. The zero-order valence-electron chi connectivity index (χ0n) is 42.1. The van der Waals surface area contributed by atoms with Crippen LogP contribution in [-0.4, -0.2) is 18.9 Å². The summed E-state index contributed by atoms with van der Waals surface area (Å²) in [5, 5.41) is 0. The quantitative estimate of drug-likeness (QED) is 0.0377. The van der Waals surface area contributed by atoms with Crippen LogP contribution >= 0.6 is 0 Å². The maximum atomic E-state index is 11.0. The Kier molecular flexibility index (Phi) is 22.6. The number of hydrogen-bond acceptors (Lipinski definition) is 6. The van der Waals surface area contributed by atoms with Gasteiger partial charge in [-0.3, -0.25) is 4.79 Å². The number of rotatable bonds is 13. The Morgan fingerprint density at radius 3 is 1.21 bits per heavy atom. The van der Waals surface area contributed by atoms with Crippen molar-refractivity contribution in [3.05, 3.63) is 290 Å². The van der Waals surface area contributed by atoms with Crippen molar-refractivity contribution in [1.29, 1.82) is 0 Å². The molecule has 0 fully saturated rings. The first-order valence-electron chi connectivity index (χ1n) is 22.5. The number of aryl methyl sites for hydroxylation is 3. The average Bonchev–Trinajstić information content (AvgIpc) is 3.81. The third-order valence-corrected chi connectivity index (χ3v) is 11.5. The predicted octanol–water partition coefficient (Wildman–Crippen LogP) is 15.3. The number of allylic oxidation sites excluding steroid dienone is 1. The Morgan fingerprint density at radius 1 is 0.543 bits per heavy atom. The molecule has 0 amide bonds. The van der Waals surface area contributed by atoms with Crippen LogP contribution in [0.1, 0.15) is 88.2 Å². The van der Waals surface area contributed by atoms with Gasteiger partial charge in [-0.1, -0.05) is 183 Å². The van der Waals surface area contributed by atoms with Crippen LogP contribution in [0.2, 0.25) is 0 Å². The van der Waals surface area contributed by atoms with E-state index in [2.05, 4.69) is 208 Å². The van der Waals surface area contributed by atoms with Crippen molar-refractivity contribution in [2.24, 2.45) is 0 Å². The van der Waals surface area contributed by atoms with E-state index in [4.69, 9.17) is 9.47 Å². The fourth-order valence-corrected chi connectivity index (χ4v) is 8.24. The van der Waals surface area contributed by atoms with Gasteiger partial charge in [0, 0.05) is 28.8 Å². The molecule has 1 aliphatic heterocycles. The summed E-state index contributed by atoms with van der Waals surface area (Å²) >= 11 is 0. The Labute approximate surface area is 429 Å². The summed E-state index contributed by atoms with van der Waals surface area (Å²) in [5.74, 6) is 0.478. The normalized spacial score (nSPS) is 11.1. The minimum Gasteiger partial charge on any atom is -0.497 e. The van der Waals surface area contributed by atoms with Gasteiger partial charge in [0.25, 0.3) is 0 Å². The third kappa shape index (κ3) is 14.9. The van der Waals surface area contributed by atoms with Crippen LogP contribution in [0.3, 0.4) is 0 Å². The molecule has 363 valence electrons. The molecule has 7 aromatic rings. The molecule has 1 radical (unpaired) electrons. The van der Waals surface area contributed by atoms with Crippen molar-refractivity contribution < 1.29 is 35.6 Å². The van der Waals surface area contributed by atoms with Gasteiger partial charge in [0.15, 0.2) is 5.78 Å². The fraction of sp³-hybridized carbons (Fsp3) is 0.159. The summed E-state index contributed by atoms with van der Waals surface area (Å²) in [4.78, 5) is 25.6. The average molecular weight is 975 g/mol. The Balaban J connectivity index is 0.000000497. The van der Waals surface area contributed by atoms with E-state index in [-0.39, 0.29) is 54.9 Å². The van der Waals surface area contributed by atoms with Crippen LogP contribution < -0.4 is 14.5 Å². The predicted molar refractivity (Wildman–Crippen MR) is 289 cm³/mol. The monoisotopic (exact) mass is 973 g/mol. The molecular weight excluding hydrogens is 907 g/mol. The van der Waals surface area contributed by atoms with Gasteiger partial charge in [0.2, 0.25) is 0 Å². The molecule has 0 N–H and O–H groups in total. The number of ketones is 1. The van der Waals surface area contributed by atoms with Crippen LogP contribution in [0.15, 0.2) is 213 Å². The van der Waals surface area contributed by atoms with Gasteiger partial charge in [-0.05, 0) is 122 Å². The van der Waals surface area contributed by atoms with E-state index >= 15 is 0 Å². The van der Waals surface area contributed by atoms with E-state index in [1.54, 1.807) is 21.0 Å². The van der Waals surface area contributed by atoms with Crippen LogP contribution in [0.25, 0.3) is 0 Å². The van der Waals surface area contributed by atoms with Crippen molar-refractivity contribution in [2.45, 2.75) is 60.0 Å². The first-order valence-corrected chi connectivity index (χ1v) is 22.5. The summed E-state index contributed by atoms with van der Waals surface area (Å²) in [5.41, 5.74) is 15.4. The van der Waals surface area contributed by atoms with Crippen molar-refractivity contribution in [3.63, 3.8) is 0 Å². The second-order valence-electron chi connectivity index (χ2n) is 16.8. The number of esters is 1. The zero-order valence-corrected chi connectivity index (χ0v) is 43.1. The Morgan fingerprint density at radius 2 is 0.886 bits per heavy atom. The SMILES string of the molecule is C=C(C)C(=O)OCc1ccccc1.C=C(C)C(C)=O.COc1cc(C(c2ccccc2)c2ccccc2)c(N2C=CN(c3c(C)cc(C)cc3C)[CH-]2)c(C(c2ccccc2)c2ccccc2)c1.[CH3-].[CH3-].[Ni+3]. The maximum Gasteiger partial charge on any atom is 3.00 e. The molecule has 8 rings (SSSR count). The number of methoxy groups -OCH3 is 1. The second-order valence-corrected chi connectivity index (χ2v) is 16.8. The van der Waals surface area contributed by atoms with Gasteiger partial charge < -0.3 is 34.1 Å². The summed E-state index contributed by atoms with van der Waals surface area (Å²) in [7, 11) is 1.77. The van der Waals surface area contributed by atoms with E-state index in [1.165, 1.54) is 62.7 Å². The summed E-state index contributed by atoms with van der Waals surface area (Å²) in [6.45, 7) is 20.8. The van der Waals surface area contributed by atoms with Gasteiger partial charge in [-0.25, -0.2) is 4.79 Å². The molecule has 0 spiro atoms. The molecule has 0 saturated heterocycles. The number of Topliss-reactive ketones (excluding diaryl/α,β-unsaturated/α-hetero) is 1. The van der Waals surface area contributed by atoms with Crippen LogP contribution in [0.4, 0.5) is 11.4 Å². The van der Waals surface area contributed by atoms with E-state index in [0.29, 0.717) is 17.8 Å². The number of carbonyl (C=O) groups is 2. The van der Waals surface area contributed by atoms with E-state index in [0.717, 1.165) is 17.0 Å². The van der Waals surface area contributed by atoms with Crippen molar-refractivity contribution in [3.8, 4) is 5.75 Å². The van der Waals surface area contributed by atoms with E-state index < -0.39 is 0 Å². The van der Waals surface area contributed by atoms with Crippen molar-refractivity contribution in [1.82, 2.24) is 0 Å². The van der Waals surface area contributed by atoms with Crippen LogP contribution in [-0.2, 0) is 37.4 Å². The van der Waals surface area contributed by atoms with Gasteiger partial charge in [-0.2, -0.15) is 0 Å². The number of hydrogen-bond donors (Lipinski definition) is 0. The van der Waals surface area contributed by atoms with E-state index in [9.17, 15) is 9.59 Å².